The third kappa shape index (κ3) is 4.15. The van der Waals surface area contributed by atoms with E-state index in [1.54, 1.807) is 0 Å². The first-order valence-corrected chi connectivity index (χ1v) is 5.42. The Morgan fingerprint density at radius 1 is 1.41 bits per heavy atom. The number of nitrogens with zero attached hydrogens (tertiary/aromatic N) is 2. The smallest absolute Gasteiger partial charge is 0.325 e. The van der Waals surface area contributed by atoms with Crippen molar-refractivity contribution in [1.82, 2.24) is 0 Å². The predicted molar refractivity (Wildman–Crippen MR) is 65.6 cm³/mol. The first-order chi connectivity index (χ1) is 8.17. The van der Waals surface area contributed by atoms with Gasteiger partial charge in [-0.25, -0.2) is 0 Å². The van der Waals surface area contributed by atoms with Crippen molar-refractivity contribution in [2.75, 3.05) is 25.1 Å². The third-order valence-electron chi connectivity index (χ3n) is 2.44. The first-order valence-electron chi connectivity index (χ1n) is 5.42. The molecule has 0 aliphatic rings. The lowest BCUT2D eigenvalue weighted by molar-refractivity contribution is -0.138. The van der Waals surface area contributed by atoms with Crippen molar-refractivity contribution < 1.29 is 9.53 Å². The van der Waals surface area contributed by atoms with E-state index in [2.05, 4.69) is 10.8 Å². The summed E-state index contributed by atoms with van der Waals surface area (Å²) in [7, 11) is 1.36. The maximum Gasteiger partial charge on any atom is 0.325 e. The summed E-state index contributed by atoms with van der Waals surface area (Å²) in [6, 6.07) is 9.91. The predicted octanol–water partition coefficient (Wildman–Crippen LogP) is 1.89. The second-order valence-electron chi connectivity index (χ2n) is 3.74. The largest absolute Gasteiger partial charge is 0.468 e. The van der Waals surface area contributed by atoms with Crippen LogP contribution in [0.2, 0.25) is 0 Å². The fourth-order valence-corrected chi connectivity index (χ4v) is 1.46. The number of nitriles is 1. The molecule has 4 heteroatoms. The van der Waals surface area contributed by atoms with Gasteiger partial charge in [0.25, 0.3) is 0 Å². The zero-order chi connectivity index (χ0) is 12.7. The Labute approximate surface area is 101 Å². The number of esters is 1. The van der Waals surface area contributed by atoms with E-state index in [0.29, 0.717) is 13.0 Å². The Hall–Kier alpha value is -2.02. The average Bonchev–Trinajstić information content (AvgIpc) is 2.35. The van der Waals surface area contributed by atoms with Gasteiger partial charge in [0.2, 0.25) is 0 Å². The molecule has 0 radical (unpaired) electrons. The van der Waals surface area contributed by atoms with Crippen LogP contribution in [0.25, 0.3) is 0 Å². The summed E-state index contributed by atoms with van der Waals surface area (Å²) in [5, 5.41) is 8.60. The second-order valence-corrected chi connectivity index (χ2v) is 3.74. The van der Waals surface area contributed by atoms with E-state index in [4.69, 9.17) is 5.26 Å². The number of benzene rings is 1. The summed E-state index contributed by atoms with van der Waals surface area (Å²) < 4.78 is 4.64. The van der Waals surface area contributed by atoms with E-state index in [-0.39, 0.29) is 12.5 Å². The van der Waals surface area contributed by atoms with E-state index in [1.165, 1.54) is 7.11 Å². The summed E-state index contributed by atoms with van der Waals surface area (Å²) in [6.45, 7) is 2.69. The molecule has 0 fully saturated rings. The molecule has 4 nitrogen and oxygen atoms in total. The molecular weight excluding hydrogens is 216 g/mol. The highest BCUT2D eigenvalue weighted by atomic mass is 16.5. The maximum absolute atomic E-state index is 11.3. The maximum atomic E-state index is 11.3. The molecular formula is C13H16N2O2. The molecule has 0 aromatic heterocycles. The summed E-state index contributed by atoms with van der Waals surface area (Å²) in [6.07, 6.45) is 0.380. The molecule has 0 saturated heterocycles. The van der Waals surface area contributed by atoms with Crippen molar-refractivity contribution in [3.05, 3.63) is 29.8 Å². The standard InChI is InChI=1S/C13H16N2O2/c1-11-4-6-12(7-5-11)15(9-3-8-14)10-13(16)17-2/h4-7H,3,9-10H2,1-2H3. The normalized spacial score (nSPS) is 9.47. The number of aryl methyl sites for hydroxylation is 1. The lowest BCUT2D eigenvalue weighted by atomic mass is 10.2. The summed E-state index contributed by atoms with van der Waals surface area (Å²) in [4.78, 5) is 13.1. The molecule has 0 atom stereocenters. The third-order valence-corrected chi connectivity index (χ3v) is 2.44. The molecule has 0 aliphatic heterocycles. The number of methoxy groups -OCH3 is 1. The molecule has 90 valence electrons. The summed E-state index contributed by atoms with van der Waals surface area (Å²) in [5.41, 5.74) is 2.09. The highest BCUT2D eigenvalue weighted by Crippen LogP contribution is 2.15. The zero-order valence-electron chi connectivity index (χ0n) is 10.1. The minimum atomic E-state index is -0.302. The van der Waals surface area contributed by atoms with Crippen molar-refractivity contribution in [2.24, 2.45) is 0 Å². The van der Waals surface area contributed by atoms with Crippen LogP contribution in [0.1, 0.15) is 12.0 Å². The lowest BCUT2D eigenvalue weighted by Gasteiger charge is -2.22. The number of hydrogen-bond donors (Lipinski definition) is 0. The molecule has 0 aliphatic carbocycles. The zero-order valence-corrected chi connectivity index (χ0v) is 10.1. The molecule has 0 heterocycles. The Kier molecular flexibility index (Phi) is 5.02. The van der Waals surface area contributed by atoms with Gasteiger partial charge in [0.15, 0.2) is 0 Å². The van der Waals surface area contributed by atoms with Crippen molar-refractivity contribution in [2.45, 2.75) is 13.3 Å². The Bertz CT molecular complexity index is 406. The van der Waals surface area contributed by atoms with Crippen LogP contribution in [0.3, 0.4) is 0 Å². The minimum Gasteiger partial charge on any atom is -0.468 e. The molecule has 0 spiro atoms. The van der Waals surface area contributed by atoms with E-state index in [1.807, 2.05) is 36.1 Å². The van der Waals surface area contributed by atoms with Gasteiger partial charge in [-0.1, -0.05) is 17.7 Å². The van der Waals surface area contributed by atoms with Crippen LogP contribution in [-0.4, -0.2) is 26.2 Å². The molecule has 1 aromatic rings. The van der Waals surface area contributed by atoms with Crippen LogP contribution in [0, 0.1) is 18.3 Å². The van der Waals surface area contributed by atoms with Crippen molar-refractivity contribution in [1.29, 1.82) is 5.26 Å². The van der Waals surface area contributed by atoms with Crippen LogP contribution in [0.5, 0.6) is 0 Å². The number of anilines is 1. The lowest BCUT2D eigenvalue weighted by Crippen LogP contribution is -2.31. The van der Waals surface area contributed by atoms with Gasteiger partial charge in [-0.2, -0.15) is 5.26 Å². The highest BCUT2D eigenvalue weighted by Gasteiger charge is 2.11. The number of hydrogen-bond acceptors (Lipinski definition) is 4. The molecule has 0 bridgehead atoms. The number of rotatable bonds is 5. The minimum absolute atomic E-state index is 0.168. The number of carbonyl (C=O) groups excluding carboxylic acids is 1. The van der Waals surface area contributed by atoms with Crippen LogP contribution < -0.4 is 4.90 Å². The summed E-state index contributed by atoms with van der Waals surface area (Å²) in [5.74, 6) is -0.302. The van der Waals surface area contributed by atoms with Gasteiger partial charge in [0.1, 0.15) is 6.54 Å². The van der Waals surface area contributed by atoms with Crippen LogP contribution in [-0.2, 0) is 9.53 Å². The second kappa shape index (κ2) is 6.54. The monoisotopic (exact) mass is 232 g/mol. The Morgan fingerprint density at radius 3 is 2.59 bits per heavy atom. The van der Waals surface area contributed by atoms with E-state index < -0.39 is 0 Å². The van der Waals surface area contributed by atoms with Crippen LogP contribution in [0.4, 0.5) is 5.69 Å². The molecule has 17 heavy (non-hydrogen) atoms. The van der Waals surface area contributed by atoms with Crippen LogP contribution in [0.15, 0.2) is 24.3 Å². The topological polar surface area (TPSA) is 53.3 Å². The Balaban J connectivity index is 2.78. The molecule has 0 amide bonds. The van der Waals surface area contributed by atoms with Gasteiger partial charge in [0.05, 0.1) is 19.6 Å². The van der Waals surface area contributed by atoms with Gasteiger partial charge in [-0.05, 0) is 19.1 Å². The highest BCUT2D eigenvalue weighted by molar-refractivity contribution is 5.75. The van der Waals surface area contributed by atoms with Crippen molar-refractivity contribution in [3.8, 4) is 6.07 Å². The fraction of sp³-hybridized carbons (Fsp3) is 0.385. The van der Waals surface area contributed by atoms with E-state index in [0.717, 1.165) is 11.3 Å². The Morgan fingerprint density at radius 2 is 2.06 bits per heavy atom. The SMILES string of the molecule is COC(=O)CN(CCC#N)c1ccc(C)cc1. The van der Waals surface area contributed by atoms with Gasteiger partial charge in [-0.15, -0.1) is 0 Å². The van der Waals surface area contributed by atoms with Crippen LogP contribution >= 0.6 is 0 Å². The fourth-order valence-electron chi connectivity index (χ4n) is 1.46. The quantitative estimate of drug-likeness (QED) is 0.727. The number of ether oxygens (including phenoxy) is 1. The van der Waals surface area contributed by atoms with Gasteiger partial charge < -0.3 is 9.64 Å². The molecule has 0 N–H and O–H groups in total. The van der Waals surface area contributed by atoms with Gasteiger partial charge in [0, 0.05) is 12.2 Å². The van der Waals surface area contributed by atoms with Crippen molar-refractivity contribution >= 4 is 11.7 Å². The van der Waals surface area contributed by atoms with Crippen molar-refractivity contribution in [3.63, 3.8) is 0 Å². The average molecular weight is 232 g/mol. The molecule has 0 unspecified atom stereocenters. The van der Waals surface area contributed by atoms with Gasteiger partial charge >= 0.3 is 5.97 Å². The van der Waals surface area contributed by atoms with E-state index >= 15 is 0 Å². The number of carbonyl (C=O) groups is 1. The molecule has 1 rings (SSSR count). The molecule has 0 saturated carbocycles. The van der Waals surface area contributed by atoms with E-state index in [9.17, 15) is 4.79 Å². The summed E-state index contributed by atoms with van der Waals surface area (Å²) >= 11 is 0. The van der Waals surface area contributed by atoms with Gasteiger partial charge in [-0.3, -0.25) is 4.79 Å². The molecule has 1 aromatic carbocycles. The first kappa shape index (κ1) is 13.0.